The van der Waals surface area contributed by atoms with Gasteiger partial charge in [0, 0.05) is 0 Å². The van der Waals surface area contributed by atoms with Crippen molar-refractivity contribution in [3.05, 3.63) is 0 Å². The molecule has 0 aliphatic carbocycles. The summed E-state index contributed by atoms with van der Waals surface area (Å²) in [5.74, 6) is -1.40. The van der Waals surface area contributed by atoms with Crippen molar-refractivity contribution in [2.24, 2.45) is 17.3 Å². The lowest BCUT2D eigenvalue weighted by Gasteiger charge is -2.40. The second-order valence-corrected chi connectivity index (χ2v) is 8.18. The van der Waals surface area contributed by atoms with Crippen LogP contribution in [0.5, 0.6) is 0 Å². The van der Waals surface area contributed by atoms with Crippen molar-refractivity contribution in [2.45, 2.75) is 93.3 Å². The van der Waals surface area contributed by atoms with Crippen molar-refractivity contribution in [1.29, 1.82) is 0 Å². The van der Waals surface area contributed by atoms with Gasteiger partial charge in [-0.3, -0.25) is 9.59 Å². The highest BCUT2D eigenvalue weighted by Gasteiger charge is 2.56. The number of rotatable bonds is 8. The number of hydrogen-bond donors (Lipinski definition) is 0. The van der Waals surface area contributed by atoms with Crippen LogP contribution in [0.4, 0.5) is 0 Å². The number of ether oxygens (including phenoxy) is 2. The first-order chi connectivity index (χ1) is 10.3. The summed E-state index contributed by atoms with van der Waals surface area (Å²) in [6.07, 6.45) is 1.36. The largest absolute Gasteiger partial charge is 0.459 e. The van der Waals surface area contributed by atoms with Gasteiger partial charge in [0.25, 0.3) is 0 Å². The average Bonchev–Trinajstić information content (AvgIpc) is 2.37. The molecule has 0 amide bonds. The molecule has 0 aliphatic rings. The molecule has 0 aliphatic heterocycles. The third-order valence-electron chi connectivity index (χ3n) is 4.94. The standard InChI is InChI=1S/C19H36O4/c1-11-17(7,8)22-15(20)19(13(3)4,14(5)6)16(21)23-18(9,10)12-2/h13-14H,11-12H2,1-10H3. The van der Waals surface area contributed by atoms with E-state index in [0.717, 1.165) is 0 Å². The topological polar surface area (TPSA) is 52.6 Å². The van der Waals surface area contributed by atoms with E-state index in [1.807, 2.05) is 69.2 Å². The average molecular weight is 328 g/mol. The van der Waals surface area contributed by atoms with E-state index >= 15 is 0 Å². The van der Waals surface area contributed by atoms with Crippen LogP contribution in [0.15, 0.2) is 0 Å². The van der Waals surface area contributed by atoms with E-state index in [9.17, 15) is 9.59 Å². The smallest absolute Gasteiger partial charge is 0.324 e. The number of esters is 2. The molecule has 0 saturated carbocycles. The third-order valence-corrected chi connectivity index (χ3v) is 4.94. The Labute approximate surface area is 142 Å². The van der Waals surface area contributed by atoms with Crippen LogP contribution in [0.3, 0.4) is 0 Å². The molecule has 136 valence electrons. The first-order valence-corrected chi connectivity index (χ1v) is 8.73. The fourth-order valence-electron chi connectivity index (χ4n) is 2.51. The van der Waals surface area contributed by atoms with Crippen molar-refractivity contribution >= 4 is 11.9 Å². The van der Waals surface area contributed by atoms with Gasteiger partial charge < -0.3 is 9.47 Å². The predicted octanol–water partition coefficient (Wildman–Crippen LogP) is 4.75. The van der Waals surface area contributed by atoms with Gasteiger partial charge in [0.1, 0.15) is 11.2 Å². The highest BCUT2D eigenvalue weighted by atomic mass is 16.6. The minimum absolute atomic E-state index is 0.220. The zero-order valence-corrected chi connectivity index (χ0v) is 16.7. The third kappa shape index (κ3) is 4.95. The van der Waals surface area contributed by atoms with E-state index in [1.54, 1.807) is 0 Å². The normalized spacial score (nSPS) is 13.4. The molecular formula is C19H36O4. The molecular weight excluding hydrogens is 292 g/mol. The Balaban J connectivity index is 5.85. The van der Waals surface area contributed by atoms with Gasteiger partial charge >= 0.3 is 11.9 Å². The van der Waals surface area contributed by atoms with E-state index in [1.165, 1.54) is 0 Å². The van der Waals surface area contributed by atoms with Crippen molar-refractivity contribution < 1.29 is 19.1 Å². The van der Waals surface area contributed by atoms with Crippen LogP contribution in [0.25, 0.3) is 0 Å². The maximum Gasteiger partial charge on any atom is 0.324 e. The highest BCUT2D eigenvalue weighted by molar-refractivity contribution is 6.01. The number of carbonyl (C=O) groups excluding carboxylic acids is 2. The zero-order valence-electron chi connectivity index (χ0n) is 16.7. The molecule has 0 N–H and O–H groups in total. The number of hydrogen-bond acceptors (Lipinski definition) is 4. The minimum Gasteiger partial charge on any atom is -0.459 e. The summed E-state index contributed by atoms with van der Waals surface area (Å²) in [6, 6.07) is 0. The number of carbonyl (C=O) groups is 2. The molecule has 4 heteroatoms. The van der Waals surface area contributed by atoms with Crippen molar-refractivity contribution in [1.82, 2.24) is 0 Å². The fraction of sp³-hybridized carbons (Fsp3) is 0.895. The SMILES string of the molecule is CCC(C)(C)OC(=O)C(C(=O)OC(C)(C)CC)(C(C)C)C(C)C. The maximum absolute atomic E-state index is 13.0. The second-order valence-electron chi connectivity index (χ2n) is 8.18. The molecule has 0 rings (SSSR count). The first-order valence-electron chi connectivity index (χ1n) is 8.73. The second kappa shape index (κ2) is 7.67. The van der Waals surface area contributed by atoms with Crippen LogP contribution in [-0.4, -0.2) is 23.1 Å². The minimum atomic E-state index is -1.29. The first kappa shape index (κ1) is 21.9. The Morgan fingerprint density at radius 1 is 0.739 bits per heavy atom. The molecule has 0 spiro atoms. The Morgan fingerprint density at radius 3 is 1.17 bits per heavy atom. The van der Waals surface area contributed by atoms with E-state index in [2.05, 4.69) is 0 Å². The summed E-state index contributed by atoms with van der Waals surface area (Å²) < 4.78 is 11.4. The van der Waals surface area contributed by atoms with Crippen LogP contribution in [0.1, 0.15) is 82.1 Å². The molecule has 0 aromatic heterocycles. The van der Waals surface area contributed by atoms with E-state index < -0.39 is 28.6 Å². The molecule has 0 unspecified atom stereocenters. The van der Waals surface area contributed by atoms with Gasteiger partial charge in [-0.2, -0.15) is 0 Å². The highest BCUT2D eigenvalue weighted by Crippen LogP contribution is 2.41. The van der Waals surface area contributed by atoms with Crippen LogP contribution >= 0.6 is 0 Å². The molecule has 0 radical (unpaired) electrons. The van der Waals surface area contributed by atoms with Gasteiger partial charge in [0.15, 0.2) is 5.41 Å². The predicted molar refractivity (Wildman–Crippen MR) is 93.0 cm³/mol. The molecule has 0 atom stereocenters. The summed E-state index contributed by atoms with van der Waals surface area (Å²) in [6.45, 7) is 18.8. The fourth-order valence-corrected chi connectivity index (χ4v) is 2.51. The summed E-state index contributed by atoms with van der Waals surface area (Å²) in [5.41, 5.74) is -2.50. The van der Waals surface area contributed by atoms with Crippen molar-refractivity contribution in [2.75, 3.05) is 0 Å². The van der Waals surface area contributed by atoms with Crippen LogP contribution in [-0.2, 0) is 19.1 Å². The maximum atomic E-state index is 13.0. The van der Waals surface area contributed by atoms with Crippen LogP contribution < -0.4 is 0 Å². The molecule has 0 saturated heterocycles. The van der Waals surface area contributed by atoms with Gasteiger partial charge in [-0.05, 0) is 52.4 Å². The zero-order chi connectivity index (χ0) is 18.6. The Hall–Kier alpha value is -1.06. The molecule has 0 heterocycles. The monoisotopic (exact) mass is 328 g/mol. The van der Waals surface area contributed by atoms with E-state index in [-0.39, 0.29) is 11.8 Å². The lowest BCUT2D eigenvalue weighted by molar-refractivity contribution is -0.195. The van der Waals surface area contributed by atoms with Gasteiger partial charge in [0.2, 0.25) is 0 Å². The summed E-state index contributed by atoms with van der Waals surface area (Å²) >= 11 is 0. The quantitative estimate of drug-likeness (QED) is 0.476. The van der Waals surface area contributed by atoms with Crippen LogP contribution in [0.2, 0.25) is 0 Å². The van der Waals surface area contributed by atoms with Gasteiger partial charge in [-0.1, -0.05) is 41.5 Å². The van der Waals surface area contributed by atoms with Crippen LogP contribution in [0, 0.1) is 17.3 Å². The lowest BCUT2D eigenvalue weighted by Crippen LogP contribution is -2.53. The molecule has 0 bridgehead atoms. The molecule has 4 nitrogen and oxygen atoms in total. The van der Waals surface area contributed by atoms with E-state index in [0.29, 0.717) is 12.8 Å². The van der Waals surface area contributed by atoms with Crippen molar-refractivity contribution in [3.63, 3.8) is 0 Å². The van der Waals surface area contributed by atoms with Crippen molar-refractivity contribution in [3.8, 4) is 0 Å². The van der Waals surface area contributed by atoms with Gasteiger partial charge in [-0.25, -0.2) is 0 Å². The lowest BCUT2D eigenvalue weighted by atomic mass is 9.68. The summed E-state index contributed by atoms with van der Waals surface area (Å²) in [4.78, 5) is 26.0. The van der Waals surface area contributed by atoms with Gasteiger partial charge in [-0.15, -0.1) is 0 Å². The summed E-state index contributed by atoms with van der Waals surface area (Å²) in [7, 11) is 0. The molecule has 0 aromatic rings. The van der Waals surface area contributed by atoms with Gasteiger partial charge in [0.05, 0.1) is 0 Å². The molecule has 23 heavy (non-hydrogen) atoms. The molecule has 0 fully saturated rings. The molecule has 0 aromatic carbocycles. The van der Waals surface area contributed by atoms with E-state index in [4.69, 9.17) is 9.47 Å². The Bertz CT molecular complexity index is 379. The summed E-state index contributed by atoms with van der Waals surface area (Å²) in [5, 5.41) is 0. The Morgan fingerprint density at radius 2 is 1.00 bits per heavy atom. The Kier molecular flexibility index (Phi) is 7.32.